The Kier molecular flexibility index (Phi) is 5.85. The molecule has 32 heavy (non-hydrogen) atoms. The van der Waals surface area contributed by atoms with E-state index in [0.29, 0.717) is 23.5 Å². The van der Waals surface area contributed by atoms with E-state index in [1.807, 2.05) is 6.92 Å². The second-order valence-corrected chi connectivity index (χ2v) is 6.76. The Bertz CT molecular complexity index is 1240. The molecule has 2 aromatic heterocycles. The molecular weight excluding hydrogens is 428 g/mol. The van der Waals surface area contributed by atoms with Crippen LogP contribution >= 0.6 is 0 Å². The molecule has 164 valence electrons. The molecule has 0 aliphatic carbocycles. The van der Waals surface area contributed by atoms with Crippen molar-refractivity contribution in [3.63, 3.8) is 0 Å². The van der Waals surface area contributed by atoms with Crippen LogP contribution in [-0.2, 0) is 19.2 Å². The summed E-state index contributed by atoms with van der Waals surface area (Å²) >= 11 is 0. The number of halogens is 4. The number of nitrogens with zero attached hydrogens (tertiary/aromatic N) is 4. The lowest BCUT2D eigenvalue weighted by Gasteiger charge is -2.08. The van der Waals surface area contributed by atoms with E-state index in [4.69, 9.17) is 9.26 Å². The average Bonchev–Trinajstić information content (AvgIpc) is 3.26. The summed E-state index contributed by atoms with van der Waals surface area (Å²) in [5.41, 5.74) is 0.535. The molecule has 0 amide bonds. The first-order chi connectivity index (χ1) is 15.3. The molecule has 0 bridgehead atoms. The van der Waals surface area contributed by atoms with Gasteiger partial charge < -0.3 is 9.26 Å². The topological polar surface area (TPSA) is 73.9 Å². The molecule has 0 radical (unpaired) electrons. The van der Waals surface area contributed by atoms with Crippen molar-refractivity contribution < 1.29 is 26.8 Å². The minimum Gasteiger partial charge on any atom is -0.467 e. The second kappa shape index (κ2) is 8.74. The van der Waals surface area contributed by atoms with Crippen molar-refractivity contribution >= 4 is 0 Å². The lowest BCUT2D eigenvalue weighted by atomic mass is 10.1. The molecule has 0 spiro atoms. The van der Waals surface area contributed by atoms with Gasteiger partial charge in [0.2, 0.25) is 11.7 Å². The van der Waals surface area contributed by atoms with Gasteiger partial charge in [0, 0.05) is 22.9 Å². The minimum atomic E-state index is -4.48. The fourth-order valence-corrected chi connectivity index (χ4v) is 2.89. The first kappa shape index (κ1) is 21.4. The van der Waals surface area contributed by atoms with E-state index < -0.39 is 17.6 Å². The third kappa shape index (κ3) is 4.90. The standard InChI is InChI=1S/C22H16F4N4O2/c1-2-17-11-18(28-20(27-17)14-6-4-8-16(23)10-14)31-12-19-29-21(30-32-19)13-5-3-7-15(9-13)22(24,25)26/h3-11H,2,12H2,1H3. The highest BCUT2D eigenvalue weighted by molar-refractivity contribution is 5.56. The van der Waals surface area contributed by atoms with Crippen molar-refractivity contribution in [3.05, 3.63) is 77.6 Å². The van der Waals surface area contributed by atoms with Gasteiger partial charge in [-0.25, -0.2) is 9.37 Å². The molecule has 0 aliphatic rings. The molecule has 2 aromatic carbocycles. The third-order valence-corrected chi connectivity index (χ3v) is 4.46. The van der Waals surface area contributed by atoms with Gasteiger partial charge >= 0.3 is 6.18 Å². The summed E-state index contributed by atoms with van der Waals surface area (Å²) in [5.74, 6) is 0.167. The minimum absolute atomic E-state index is 0.00656. The third-order valence-electron chi connectivity index (χ3n) is 4.46. The van der Waals surface area contributed by atoms with E-state index in [1.165, 1.54) is 24.3 Å². The van der Waals surface area contributed by atoms with Gasteiger partial charge in [-0.15, -0.1) is 0 Å². The first-order valence-corrected chi connectivity index (χ1v) is 9.58. The Morgan fingerprint density at radius 3 is 2.38 bits per heavy atom. The fraction of sp³-hybridized carbons (Fsp3) is 0.182. The Hall–Kier alpha value is -3.82. The van der Waals surface area contributed by atoms with Crippen LogP contribution < -0.4 is 4.74 Å². The smallest absolute Gasteiger partial charge is 0.416 e. The predicted octanol–water partition coefficient (Wildman–Crippen LogP) is 5.49. The van der Waals surface area contributed by atoms with Gasteiger partial charge in [0.05, 0.1) is 5.56 Å². The molecule has 6 nitrogen and oxygen atoms in total. The molecule has 10 heteroatoms. The van der Waals surface area contributed by atoms with E-state index in [2.05, 4.69) is 20.1 Å². The van der Waals surface area contributed by atoms with Crippen LogP contribution in [-0.4, -0.2) is 20.1 Å². The first-order valence-electron chi connectivity index (χ1n) is 9.58. The average molecular weight is 444 g/mol. The SMILES string of the molecule is CCc1cc(OCc2nc(-c3cccc(C(F)(F)F)c3)no2)nc(-c2cccc(F)c2)n1. The Labute approximate surface area is 179 Å². The number of alkyl halides is 3. The molecule has 4 rings (SSSR count). The summed E-state index contributed by atoms with van der Waals surface area (Å²) in [4.78, 5) is 12.8. The van der Waals surface area contributed by atoms with Crippen LogP contribution in [0.1, 0.15) is 24.1 Å². The van der Waals surface area contributed by atoms with Crippen molar-refractivity contribution in [1.29, 1.82) is 0 Å². The maximum absolute atomic E-state index is 13.6. The molecule has 0 fully saturated rings. The van der Waals surface area contributed by atoms with Crippen molar-refractivity contribution in [2.75, 3.05) is 0 Å². The second-order valence-electron chi connectivity index (χ2n) is 6.76. The van der Waals surface area contributed by atoms with Crippen LogP contribution in [0.4, 0.5) is 17.6 Å². The lowest BCUT2D eigenvalue weighted by Crippen LogP contribution is -2.04. The molecule has 0 saturated heterocycles. The van der Waals surface area contributed by atoms with Crippen molar-refractivity contribution in [1.82, 2.24) is 20.1 Å². The summed E-state index contributed by atoms with van der Waals surface area (Å²) in [7, 11) is 0. The summed E-state index contributed by atoms with van der Waals surface area (Å²) in [5, 5.41) is 3.72. The summed E-state index contributed by atoms with van der Waals surface area (Å²) in [6.45, 7) is 1.75. The van der Waals surface area contributed by atoms with Crippen molar-refractivity contribution in [3.8, 4) is 28.7 Å². The van der Waals surface area contributed by atoms with Gasteiger partial charge in [0.1, 0.15) is 5.82 Å². The Balaban J connectivity index is 1.52. The van der Waals surface area contributed by atoms with Gasteiger partial charge in [-0.1, -0.05) is 36.3 Å². The Morgan fingerprint density at radius 1 is 0.906 bits per heavy atom. The monoisotopic (exact) mass is 444 g/mol. The van der Waals surface area contributed by atoms with Crippen LogP contribution in [0.2, 0.25) is 0 Å². The number of hydrogen-bond donors (Lipinski definition) is 0. The van der Waals surface area contributed by atoms with Crippen molar-refractivity contribution in [2.24, 2.45) is 0 Å². The number of benzene rings is 2. The van der Waals surface area contributed by atoms with Gasteiger partial charge in [-0.3, -0.25) is 0 Å². The van der Waals surface area contributed by atoms with Gasteiger partial charge in [-0.2, -0.15) is 23.1 Å². The number of ether oxygens (including phenoxy) is 1. The fourth-order valence-electron chi connectivity index (χ4n) is 2.89. The van der Waals surface area contributed by atoms with Crippen LogP contribution in [0.5, 0.6) is 5.88 Å². The molecule has 0 unspecified atom stereocenters. The highest BCUT2D eigenvalue weighted by Crippen LogP contribution is 2.31. The van der Waals surface area contributed by atoms with Crippen LogP contribution in [0.25, 0.3) is 22.8 Å². The number of aryl methyl sites for hydroxylation is 1. The van der Waals surface area contributed by atoms with E-state index >= 15 is 0 Å². The zero-order valence-electron chi connectivity index (χ0n) is 16.7. The number of rotatable bonds is 6. The van der Waals surface area contributed by atoms with Crippen LogP contribution in [0.15, 0.2) is 59.1 Å². The van der Waals surface area contributed by atoms with Crippen LogP contribution in [0.3, 0.4) is 0 Å². The highest BCUT2D eigenvalue weighted by Gasteiger charge is 2.30. The normalized spacial score (nSPS) is 11.5. The molecule has 0 N–H and O–H groups in total. The molecular formula is C22H16F4N4O2. The Morgan fingerprint density at radius 2 is 1.66 bits per heavy atom. The van der Waals surface area contributed by atoms with E-state index in [-0.39, 0.29) is 29.8 Å². The quantitative estimate of drug-likeness (QED) is 0.366. The van der Waals surface area contributed by atoms with E-state index in [9.17, 15) is 17.6 Å². The van der Waals surface area contributed by atoms with Crippen LogP contribution in [0, 0.1) is 5.82 Å². The van der Waals surface area contributed by atoms with Gasteiger partial charge in [0.25, 0.3) is 5.89 Å². The predicted molar refractivity (Wildman–Crippen MR) is 106 cm³/mol. The zero-order chi connectivity index (χ0) is 22.7. The maximum atomic E-state index is 13.6. The largest absolute Gasteiger partial charge is 0.467 e. The number of hydrogen-bond acceptors (Lipinski definition) is 6. The van der Waals surface area contributed by atoms with Gasteiger partial charge in [0.15, 0.2) is 12.4 Å². The molecule has 0 atom stereocenters. The molecule has 4 aromatic rings. The zero-order valence-corrected chi connectivity index (χ0v) is 16.7. The van der Waals surface area contributed by atoms with E-state index in [0.717, 1.165) is 12.1 Å². The lowest BCUT2D eigenvalue weighted by molar-refractivity contribution is -0.137. The van der Waals surface area contributed by atoms with Crippen molar-refractivity contribution in [2.45, 2.75) is 26.1 Å². The van der Waals surface area contributed by atoms with E-state index in [1.54, 1.807) is 18.2 Å². The molecule has 0 aliphatic heterocycles. The maximum Gasteiger partial charge on any atom is 0.416 e. The summed E-state index contributed by atoms with van der Waals surface area (Å²) < 4.78 is 63.0. The summed E-state index contributed by atoms with van der Waals surface area (Å²) in [6.07, 6.45) is -3.88. The summed E-state index contributed by atoms with van der Waals surface area (Å²) in [6, 6.07) is 12.1. The molecule has 2 heterocycles. The highest BCUT2D eigenvalue weighted by atomic mass is 19.4. The number of aromatic nitrogens is 4. The molecule has 0 saturated carbocycles. The van der Waals surface area contributed by atoms with Gasteiger partial charge in [-0.05, 0) is 30.7 Å².